The lowest BCUT2D eigenvalue weighted by Crippen LogP contribution is -2.07. The van der Waals surface area contributed by atoms with Gasteiger partial charge in [-0.1, -0.05) is 0 Å². The third kappa shape index (κ3) is 1.32. The molecule has 1 aromatic carbocycles. The van der Waals surface area contributed by atoms with Crippen LogP contribution in [-0.2, 0) is 0 Å². The number of H-pyrrole nitrogens is 1. The average molecular weight is 206 g/mol. The van der Waals surface area contributed by atoms with E-state index in [4.69, 9.17) is 0 Å². The predicted octanol–water partition coefficient (Wildman–Crippen LogP) is 1.14. The summed E-state index contributed by atoms with van der Waals surface area (Å²) in [5.41, 5.74) is -0.903. The fraction of sp³-hybridized carbons (Fsp3) is 0. The minimum atomic E-state index is -0.656. The molecule has 0 aliphatic rings. The lowest BCUT2D eigenvalue weighted by Gasteiger charge is -2.00. The van der Waals surface area contributed by atoms with Crippen molar-refractivity contribution in [1.29, 1.82) is 0 Å². The topological polar surface area (TPSA) is 96.2 Å². The lowest BCUT2D eigenvalue weighted by atomic mass is 10.1. The highest BCUT2D eigenvalue weighted by atomic mass is 16.6. The summed E-state index contributed by atoms with van der Waals surface area (Å²) in [5, 5.41) is 20.1. The first-order valence-electron chi connectivity index (χ1n) is 4.09. The maximum Gasteiger partial charge on any atom is 0.283 e. The highest BCUT2D eigenvalue weighted by Gasteiger charge is 2.16. The van der Waals surface area contributed by atoms with E-state index in [1.807, 2.05) is 0 Å². The Kier molecular flexibility index (Phi) is 1.89. The Morgan fingerprint density at radius 1 is 1.33 bits per heavy atom. The number of aromatic amines is 1. The Labute approximate surface area is 82.9 Å². The summed E-state index contributed by atoms with van der Waals surface area (Å²) >= 11 is 0. The predicted molar refractivity (Wildman–Crippen MR) is 52.9 cm³/mol. The lowest BCUT2D eigenvalue weighted by molar-refractivity contribution is -0.383. The summed E-state index contributed by atoms with van der Waals surface area (Å²) in [6, 6.07) is 3.71. The van der Waals surface area contributed by atoms with Crippen LogP contribution in [0, 0.1) is 10.1 Å². The zero-order chi connectivity index (χ0) is 11.0. The third-order valence-electron chi connectivity index (χ3n) is 2.09. The summed E-state index contributed by atoms with van der Waals surface area (Å²) in [6.45, 7) is 0. The van der Waals surface area contributed by atoms with Gasteiger partial charge in [-0.05, 0) is 12.1 Å². The Balaban J connectivity index is 3.03. The van der Waals surface area contributed by atoms with Crippen molar-refractivity contribution in [2.24, 2.45) is 0 Å². The van der Waals surface area contributed by atoms with E-state index >= 15 is 0 Å². The molecule has 0 unspecified atom stereocenters. The first kappa shape index (κ1) is 9.20. The number of hydrogen-bond donors (Lipinski definition) is 2. The van der Waals surface area contributed by atoms with E-state index in [9.17, 15) is 20.0 Å². The van der Waals surface area contributed by atoms with Gasteiger partial charge in [0.05, 0.1) is 4.92 Å². The normalized spacial score (nSPS) is 10.4. The molecule has 0 atom stereocenters. The Hall–Kier alpha value is -2.37. The quantitative estimate of drug-likeness (QED) is 0.540. The molecule has 0 bridgehead atoms. The van der Waals surface area contributed by atoms with Crippen LogP contribution < -0.4 is 5.56 Å². The van der Waals surface area contributed by atoms with Crippen molar-refractivity contribution in [3.05, 3.63) is 44.9 Å². The smallest absolute Gasteiger partial charge is 0.283 e. The number of nitro benzene ring substituents is 1. The largest absolute Gasteiger partial charge is 0.507 e. The summed E-state index contributed by atoms with van der Waals surface area (Å²) < 4.78 is 0. The zero-order valence-electron chi connectivity index (χ0n) is 7.43. The summed E-state index contributed by atoms with van der Waals surface area (Å²) in [4.78, 5) is 23.7. The number of fused-ring (bicyclic) bond motifs is 1. The molecule has 2 aromatic rings. The van der Waals surface area contributed by atoms with Gasteiger partial charge in [0.15, 0.2) is 0 Å². The van der Waals surface area contributed by atoms with Crippen LogP contribution in [-0.4, -0.2) is 15.0 Å². The van der Waals surface area contributed by atoms with Crippen LogP contribution in [0.2, 0.25) is 0 Å². The molecule has 1 heterocycles. The van der Waals surface area contributed by atoms with E-state index < -0.39 is 10.5 Å². The van der Waals surface area contributed by atoms with Crippen LogP contribution in [0.3, 0.4) is 0 Å². The molecule has 0 saturated heterocycles. The molecular formula is C9H6N2O4. The van der Waals surface area contributed by atoms with Gasteiger partial charge in [-0.2, -0.15) is 0 Å². The minimum Gasteiger partial charge on any atom is -0.507 e. The van der Waals surface area contributed by atoms with E-state index in [-0.39, 0.29) is 22.2 Å². The van der Waals surface area contributed by atoms with Crippen molar-refractivity contribution in [1.82, 2.24) is 4.98 Å². The SMILES string of the molecule is O=c1[nH]ccc2c(O)ccc([N+](=O)[O-])c12. The number of hydrogen-bond acceptors (Lipinski definition) is 4. The molecule has 6 nitrogen and oxygen atoms in total. The van der Waals surface area contributed by atoms with Crippen molar-refractivity contribution in [3.63, 3.8) is 0 Å². The monoisotopic (exact) mass is 206 g/mol. The average Bonchev–Trinajstić information content (AvgIpc) is 2.19. The standard InChI is InChI=1S/C9H6N2O4/c12-7-2-1-6(11(14)15)8-5(7)3-4-10-9(8)13/h1-4,12H,(H,10,13). The van der Waals surface area contributed by atoms with Gasteiger partial charge >= 0.3 is 0 Å². The molecule has 0 amide bonds. The molecule has 0 fully saturated rings. The molecule has 2 N–H and O–H groups in total. The van der Waals surface area contributed by atoms with Crippen LogP contribution in [0.25, 0.3) is 10.8 Å². The molecule has 0 spiro atoms. The fourth-order valence-corrected chi connectivity index (χ4v) is 1.43. The maximum atomic E-state index is 11.4. The van der Waals surface area contributed by atoms with E-state index in [2.05, 4.69) is 4.98 Å². The van der Waals surface area contributed by atoms with Crippen LogP contribution >= 0.6 is 0 Å². The maximum absolute atomic E-state index is 11.4. The van der Waals surface area contributed by atoms with Gasteiger partial charge in [-0.3, -0.25) is 14.9 Å². The van der Waals surface area contributed by atoms with Crippen LogP contribution in [0.15, 0.2) is 29.2 Å². The number of pyridine rings is 1. The summed E-state index contributed by atoms with van der Waals surface area (Å²) in [5.74, 6) is -0.151. The second kappa shape index (κ2) is 3.09. The zero-order valence-corrected chi connectivity index (χ0v) is 7.43. The van der Waals surface area contributed by atoms with Crippen molar-refractivity contribution in [2.75, 3.05) is 0 Å². The second-order valence-electron chi connectivity index (χ2n) is 2.96. The third-order valence-corrected chi connectivity index (χ3v) is 2.09. The van der Waals surface area contributed by atoms with Crippen LogP contribution in [0.1, 0.15) is 0 Å². The van der Waals surface area contributed by atoms with Gasteiger partial charge in [-0.15, -0.1) is 0 Å². The van der Waals surface area contributed by atoms with Crippen molar-refractivity contribution in [2.45, 2.75) is 0 Å². The highest BCUT2D eigenvalue weighted by molar-refractivity contribution is 5.94. The molecule has 1 aromatic heterocycles. The number of nitro groups is 1. The number of nitrogens with one attached hydrogen (secondary N) is 1. The van der Waals surface area contributed by atoms with E-state index in [1.54, 1.807) is 0 Å². The Morgan fingerprint density at radius 3 is 2.73 bits per heavy atom. The molecule has 6 heteroatoms. The molecule has 15 heavy (non-hydrogen) atoms. The van der Waals surface area contributed by atoms with Gasteiger partial charge in [0, 0.05) is 17.6 Å². The van der Waals surface area contributed by atoms with E-state index in [0.717, 1.165) is 6.07 Å². The highest BCUT2D eigenvalue weighted by Crippen LogP contribution is 2.28. The second-order valence-corrected chi connectivity index (χ2v) is 2.96. The number of phenolic OH excluding ortho intramolecular Hbond substituents is 1. The number of non-ortho nitro benzene ring substituents is 1. The molecule has 0 radical (unpaired) electrons. The Morgan fingerprint density at radius 2 is 2.07 bits per heavy atom. The molecule has 0 saturated carbocycles. The molecule has 2 rings (SSSR count). The van der Waals surface area contributed by atoms with Crippen LogP contribution in [0.4, 0.5) is 5.69 Å². The Bertz CT molecular complexity index is 603. The minimum absolute atomic E-state index is 0.109. The van der Waals surface area contributed by atoms with E-state index in [1.165, 1.54) is 18.3 Å². The number of nitrogens with zero attached hydrogens (tertiary/aromatic N) is 1. The van der Waals surface area contributed by atoms with Crippen molar-refractivity contribution < 1.29 is 10.0 Å². The molecular weight excluding hydrogens is 200 g/mol. The number of aromatic hydroxyl groups is 1. The van der Waals surface area contributed by atoms with Crippen LogP contribution in [0.5, 0.6) is 5.75 Å². The van der Waals surface area contributed by atoms with Crippen molar-refractivity contribution in [3.8, 4) is 5.75 Å². The molecule has 0 aliphatic carbocycles. The van der Waals surface area contributed by atoms with Gasteiger partial charge in [-0.25, -0.2) is 0 Å². The summed E-state index contributed by atoms with van der Waals surface area (Å²) in [7, 11) is 0. The number of phenols is 1. The summed E-state index contributed by atoms with van der Waals surface area (Å²) in [6.07, 6.45) is 1.33. The van der Waals surface area contributed by atoms with Gasteiger partial charge < -0.3 is 10.1 Å². The first-order valence-corrected chi connectivity index (χ1v) is 4.09. The van der Waals surface area contributed by atoms with Crippen molar-refractivity contribution >= 4 is 16.5 Å². The first-order chi connectivity index (χ1) is 7.11. The number of rotatable bonds is 1. The molecule has 0 aliphatic heterocycles. The molecule has 76 valence electrons. The van der Waals surface area contributed by atoms with Gasteiger partial charge in [0.2, 0.25) is 0 Å². The van der Waals surface area contributed by atoms with Gasteiger partial charge in [0.1, 0.15) is 11.1 Å². The fourth-order valence-electron chi connectivity index (χ4n) is 1.43. The van der Waals surface area contributed by atoms with E-state index in [0.29, 0.717) is 0 Å². The number of aromatic nitrogens is 1. The number of benzene rings is 1. The van der Waals surface area contributed by atoms with Gasteiger partial charge in [0.25, 0.3) is 11.2 Å².